The summed E-state index contributed by atoms with van der Waals surface area (Å²) in [6, 6.07) is 14.1. The number of alkyl halides is 2. The van der Waals surface area contributed by atoms with Crippen LogP contribution in [0.25, 0.3) is 32.0 Å². The standard InChI is InChI=1S/C24H18F2N4O4S/c1-13-19-22(35-20(13)14-6-4-3-5-7-14)27-12-30(23(19)31)11-18-28-21(29-34-18)15-8-9-16(33-24(25)26)17(10-15)32-2/h3-10,12,24H,11H2,1-2H3. The molecule has 11 heteroatoms. The number of ether oxygens (including phenoxy) is 2. The average molecular weight is 496 g/mol. The van der Waals surface area contributed by atoms with Gasteiger partial charge in [0.2, 0.25) is 11.7 Å². The minimum absolute atomic E-state index is 0.0223. The Labute approximate surface area is 201 Å². The molecule has 3 aromatic heterocycles. The van der Waals surface area contributed by atoms with E-state index >= 15 is 0 Å². The summed E-state index contributed by atoms with van der Waals surface area (Å²) < 4.78 is 41.4. The second-order valence-electron chi connectivity index (χ2n) is 7.54. The number of benzene rings is 2. The Kier molecular flexibility index (Phi) is 6.00. The smallest absolute Gasteiger partial charge is 0.387 e. The van der Waals surface area contributed by atoms with Crippen LogP contribution in [0.4, 0.5) is 8.78 Å². The Morgan fingerprint density at radius 3 is 2.66 bits per heavy atom. The zero-order chi connectivity index (χ0) is 24.5. The molecule has 0 amide bonds. The third-order valence-corrected chi connectivity index (χ3v) is 6.61. The summed E-state index contributed by atoms with van der Waals surface area (Å²) in [4.78, 5) is 23.7. The SMILES string of the molecule is COc1cc(-c2noc(Cn3cnc4sc(-c5ccccc5)c(C)c4c3=O)n2)ccc1OC(F)F. The van der Waals surface area contributed by atoms with Crippen LogP contribution >= 0.6 is 11.3 Å². The lowest BCUT2D eigenvalue weighted by Gasteiger charge is -2.10. The lowest BCUT2D eigenvalue weighted by atomic mass is 10.1. The van der Waals surface area contributed by atoms with Crippen molar-refractivity contribution in [2.75, 3.05) is 7.11 Å². The van der Waals surface area contributed by atoms with Gasteiger partial charge in [0.15, 0.2) is 11.5 Å². The van der Waals surface area contributed by atoms with Gasteiger partial charge in [-0.05, 0) is 36.2 Å². The van der Waals surface area contributed by atoms with Crippen LogP contribution in [-0.4, -0.2) is 33.4 Å². The molecule has 0 aliphatic heterocycles. The molecule has 0 atom stereocenters. The fourth-order valence-corrected chi connectivity index (χ4v) is 4.86. The predicted molar refractivity (Wildman–Crippen MR) is 126 cm³/mol. The summed E-state index contributed by atoms with van der Waals surface area (Å²) in [5.41, 5.74) is 2.16. The van der Waals surface area contributed by atoms with E-state index in [1.165, 1.54) is 47.5 Å². The molecular formula is C24H18F2N4O4S. The molecule has 0 spiro atoms. The Bertz CT molecular complexity index is 1560. The first-order valence-electron chi connectivity index (χ1n) is 10.4. The largest absolute Gasteiger partial charge is 0.493 e. The van der Waals surface area contributed by atoms with Crippen LogP contribution < -0.4 is 15.0 Å². The maximum Gasteiger partial charge on any atom is 0.387 e. The van der Waals surface area contributed by atoms with E-state index in [-0.39, 0.29) is 35.3 Å². The molecule has 0 fully saturated rings. The fourth-order valence-electron chi connectivity index (χ4n) is 3.72. The summed E-state index contributed by atoms with van der Waals surface area (Å²) in [5, 5.41) is 4.49. The quantitative estimate of drug-likeness (QED) is 0.308. The average Bonchev–Trinajstić information content (AvgIpc) is 3.46. The number of hydrogen-bond donors (Lipinski definition) is 0. The van der Waals surface area contributed by atoms with Crippen molar-refractivity contribution < 1.29 is 22.8 Å². The molecule has 0 aliphatic carbocycles. The molecule has 0 N–H and O–H groups in total. The van der Waals surface area contributed by atoms with Crippen LogP contribution in [0.1, 0.15) is 11.5 Å². The predicted octanol–water partition coefficient (Wildman–Crippen LogP) is 5.14. The van der Waals surface area contributed by atoms with Gasteiger partial charge in [-0.25, -0.2) is 4.98 Å². The van der Waals surface area contributed by atoms with Crippen molar-refractivity contribution >= 4 is 21.6 Å². The summed E-state index contributed by atoms with van der Waals surface area (Å²) >= 11 is 1.47. The van der Waals surface area contributed by atoms with E-state index in [9.17, 15) is 13.6 Å². The van der Waals surface area contributed by atoms with Gasteiger partial charge in [-0.2, -0.15) is 13.8 Å². The number of aryl methyl sites for hydroxylation is 1. The third kappa shape index (κ3) is 4.37. The molecule has 0 radical (unpaired) electrons. The summed E-state index contributed by atoms with van der Waals surface area (Å²) in [6.07, 6.45) is 1.46. The topological polar surface area (TPSA) is 92.3 Å². The number of methoxy groups -OCH3 is 1. The summed E-state index contributed by atoms with van der Waals surface area (Å²) in [5.74, 6) is 0.387. The molecule has 2 aromatic carbocycles. The number of nitrogens with zero attached hydrogens (tertiary/aromatic N) is 4. The molecular weight excluding hydrogens is 478 g/mol. The van der Waals surface area contributed by atoms with Crippen LogP contribution in [-0.2, 0) is 6.54 Å². The van der Waals surface area contributed by atoms with Crippen molar-refractivity contribution in [1.82, 2.24) is 19.7 Å². The maximum atomic E-state index is 13.2. The van der Waals surface area contributed by atoms with Gasteiger partial charge in [-0.15, -0.1) is 11.3 Å². The minimum atomic E-state index is -2.98. The first-order chi connectivity index (χ1) is 16.9. The molecule has 0 bridgehead atoms. The minimum Gasteiger partial charge on any atom is -0.493 e. The van der Waals surface area contributed by atoms with Crippen LogP contribution in [0, 0.1) is 6.92 Å². The second kappa shape index (κ2) is 9.26. The van der Waals surface area contributed by atoms with Gasteiger partial charge in [0.1, 0.15) is 11.4 Å². The van der Waals surface area contributed by atoms with Gasteiger partial charge < -0.3 is 14.0 Å². The van der Waals surface area contributed by atoms with Crippen molar-refractivity contribution in [3.05, 3.63) is 76.7 Å². The zero-order valence-corrected chi connectivity index (χ0v) is 19.4. The van der Waals surface area contributed by atoms with Crippen LogP contribution in [0.15, 0.2) is 64.2 Å². The summed E-state index contributed by atoms with van der Waals surface area (Å²) in [7, 11) is 1.34. The fraction of sp³-hybridized carbons (Fsp3) is 0.167. The van der Waals surface area contributed by atoms with Crippen LogP contribution in [0.3, 0.4) is 0 Å². The number of halogens is 2. The number of thiophene rings is 1. The molecule has 3 heterocycles. The van der Waals surface area contributed by atoms with Crippen molar-refractivity contribution in [2.24, 2.45) is 0 Å². The molecule has 0 aliphatic rings. The molecule has 178 valence electrons. The number of hydrogen-bond acceptors (Lipinski definition) is 8. The molecule has 5 aromatic rings. The highest BCUT2D eigenvalue weighted by Gasteiger charge is 2.18. The highest BCUT2D eigenvalue weighted by molar-refractivity contribution is 7.22. The Balaban J connectivity index is 1.44. The van der Waals surface area contributed by atoms with Gasteiger partial charge in [0, 0.05) is 10.4 Å². The van der Waals surface area contributed by atoms with E-state index in [1.54, 1.807) is 0 Å². The monoisotopic (exact) mass is 496 g/mol. The van der Waals surface area contributed by atoms with E-state index in [1.807, 2.05) is 37.3 Å². The lowest BCUT2D eigenvalue weighted by Crippen LogP contribution is -2.21. The van der Waals surface area contributed by atoms with E-state index in [4.69, 9.17) is 9.26 Å². The van der Waals surface area contributed by atoms with Crippen molar-refractivity contribution in [3.8, 4) is 33.3 Å². The number of rotatable bonds is 7. The van der Waals surface area contributed by atoms with Crippen molar-refractivity contribution in [1.29, 1.82) is 0 Å². The summed E-state index contributed by atoms with van der Waals surface area (Å²) in [6.45, 7) is -1.05. The van der Waals surface area contributed by atoms with E-state index in [0.29, 0.717) is 15.8 Å². The van der Waals surface area contributed by atoms with Crippen LogP contribution in [0.5, 0.6) is 11.5 Å². The van der Waals surface area contributed by atoms with Gasteiger partial charge in [0.25, 0.3) is 5.56 Å². The molecule has 0 saturated carbocycles. The van der Waals surface area contributed by atoms with E-state index < -0.39 is 6.61 Å². The first kappa shape index (κ1) is 22.7. The lowest BCUT2D eigenvalue weighted by molar-refractivity contribution is -0.0512. The first-order valence-corrected chi connectivity index (χ1v) is 11.3. The zero-order valence-electron chi connectivity index (χ0n) is 18.6. The Morgan fingerprint density at radius 1 is 1.11 bits per heavy atom. The highest BCUT2D eigenvalue weighted by Crippen LogP contribution is 2.35. The van der Waals surface area contributed by atoms with E-state index in [2.05, 4.69) is 19.9 Å². The van der Waals surface area contributed by atoms with Crippen molar-refractivity contribution in [2.45, 2.75) is 20.1 Å². The maximum absolute atomic E-state index is 13.2. The Hall–Kier alpha value is -4.12. The molecule has 35 heavy (non-hydrogen) atoms. The van der Waals surface area contributed by atoms with Crippen LogP contribution in [0.2, 0.25) is 0 Å². The second-order valence-corrected chi connectivity index (χ2v) is 8.53. The number of aromatic nitrogens is 4. The molecule has 8 nitrogen and oxygen atoms in total. The number of fused-ring (bicyclic) bond motifs is 1. The van der Waals surface area contributed by atoms with Gasteiger partial charge >= 0.3 is 6.61 Å². The molecule has 0 saturated heterocycles. The highest BCUT2D eigenvalue weighted by atomic mass is 32.1. The molecule has 5 rings (SSSR count). The normalized spacial score (nSPS) is 11.3. The van der Waals surface area contributed by atoms with Crippen molar-refractivity contribution in [3.63, 3.8) is 0 Å². The molecule has 0 unspecified atom stereocenters. The van der Waals surface area contributed by atoms with E-state index in [0.717, 1.165) is 16.0 Å². The third-order valence-electron chi connectivity index (χ3n) is 5.36. The van der Waals surface area contributed by atoms with Gasteiger partial charge in [0.05, 0.1) is 18.8 Å². The van der Waals surface area contributed by atoms with Gasteiger partial charge in [-0.1, -0.05) is 35.5 Å². The Morgan fingerprint density at radius 2 is 1.91 bits per heavy atom. The van der Waals surface area contributed by atoms with Gasteiger partial charge in [-0.3, -0.25) is 9.36 Å².